The van der Waals surface area contributed by atoms with Crippen LogP contribution in [0.15, 0.2) is 455 Å². The highest BCUT2D eigenvalue weighted by Crippen LogP contribution is 2.67. The highest BCUT2D eigenvalue weighted by atomic mass is 15.2. The number of pyridine rings is 2. The Morgan fingerprint density at radius 3 is 0.836 bits per heavy atom. The number of rotatable bonds is 10. The van der Waals surface area contributed by atoms with Crippen LogP contribution in [-0.2, 0) is 10.8 Å². The number of para-hydroxylation sites is 4. The zero-order valence-electron chi connectivity index (χ0n) is 69.3. The number of fused-ring (bicyclic) bond motifs is 24. The van der Waals surface area contributed by atoms with Gasteiger partial charge in [0.2, 0.25) is 0 Å². The Hall–Kier alpha value is -17.0. The van der Waals surface area contributed by atoms with Crippen LogP contribution >= 0.6 is 0 Å². The molecule has 0 saturated heterocycles. The minimum Gasteiger partial charge on any atom is -0.310 e. The van der Waals surface area contributed by atoms with Gasteiger partial charge in [-0.25, -0.2) is 34.9 Å². The molecule has 0 atom stereocenters. The summed E-state index contributed by atoms with van der Waals surface area (Å²) in [4.78, 5) is 41.6. The molecule has 0 radical (unpaired) electrons. The van der Waals surface area contributed by atoms with Gasteiger partial charge in [-0.05, 0) is 156 Å². The van der Waals surface area contributed by atoms with Gasteiger partial charge in [-0.3, -0.25) is 0 Å². The van der Waals surface area contributed by atoms with Gasteiger partial charge >= 0.3 is 0 Å². The fraction of sp³-hybridized carbons (Fsp3) is 0.0168. The Bertz CT molecular complexity index is 7490. The third kappa shape index (κ3) is 11.6. The van der Waals surface area contributed by atoms with E-state index in [4.69, 9.17) is 34.9 Å². The van der Waals surface area contributed by atoms with E-state index in [0.29, 0.717) is 23.3 Å². The third-order valence-electron chi connectivity index (χ3n) is 26.3. The molecule has 0 saturated carbocycles. The SMILES string of the molecule is c1ccc(-c2cc(-c3ccc4c(c3)nc(-c3ccccc3)c3cc5c(cc34)C3(c4ccccc4-c4ccccc43)c3ccccc3N5c3ccccc3)nc(-c3ccccc3)n2)cc1.c1ccc(-c2nc(-c3ccccc3)nc(-c3ccc4c(c3)nc(-c3ccccc3)c3cc5c(cc34)C3(c4ccccc4-c4ccccc43)c3ccccc3N5c3ccccc3)n2)cc1. The standard InChI is InChI=1S/C60H38N4.C59H37N5/c1-5-19-39(20-6-1)53-38-54(63-59(62-53)41-23-9-3-10-24-41)42-33-34-46-47-36-52-57(37-48(47)58(61-55(46)35-42)40-21-7-2-8-22-40)64(43-25-11-4-12-26-43)56-32-18-17-31-51(56)60(52)49-29-15-13-27-44(49)45-28-14-16-30-50(45)60;1-5-19-38(20-6-1)55-47-37-54-51(59(48-29-15-13-27-43(48)44-28-14-16-30-49(44)59)50-31-17-18-32-53(50)64(54)42-25-11-4-12-26-42)36-46(47)45-34-33-41(35-52(45)60-55)58-62-56(39-21-7-2-8-22-39)61-57(63-58)40-23-9-3-10-24-40/h1-38H;1-37H. The summed E-state index contributed by atoms with van der Waals surface area (Å²) in [6.07, 6.45) is 0. The van der Waals surface area contributed by atoms with E-state index in [-0.39, 0.29) is 0 Å². The van der Waals surface area contributed by atoms with Crippen molar-refractivity contribution >= 4 is 77.5 Å². The van der Waals surface area contributed by atoms with Gasteiger partial charge in [0.15, 0.2) is 23.3 Å². The molecule has 596 valence electrons. The third-order valence-corrected chi connectivity index (χ3v) is 26.3. The number of nitrogens with zero attached hydrogens (tertiary/aromatic N) is 9. The van der Waals surface area contributed by atoms with Crippen LogP contribution in [0.5, 0.6) is 0 Å². The Morgan fingerprint density at radius 1 is 0.164 bits per heavy atom. The molecule has 9 nitrogen and oxygen atoms in total. The van der Waals surface area contributed by atoms with Crippen LogP contribution in [0.25, 0.3) is 156 Å². The highest BCUT2D eigenvalue weighted by molar-refractivity contribution is 6.17. The molecule has 4 aromatic heterocycles. The first-order valence-corrected chi connectivity index (χ1v) is 43.6. The summed E-state index contributed by atoms with van der Waals surface area (Å²) >= 11 is 0. The molecular formula is C119H75N9. The Balaban J connectivity index is 0.000000139. The second-order valence-corrected chi connectivity index (χ2v) is 33.2. The molecule has 4 aliphatic rings. The highest BCUT2D eigenvalue weighted by Gasteiger charge is 2.54. The number of benzene rings is 18. The van der Waals surface area contributed by atoms with E-state index in [1.165, 1.54) is 72.4 Å². The molecule has 2 aliphatic heterocycles. The van der Waals surface area contributed by atoms with Crippen molar-refractivity contribution in [1.82, 2.24) is 34.9 Å². The van der Waals surface area contributed by atoms with Gasteiger partial charge in [-0.2, -0.15) is 0 Å². The molecular weight excluding hydrogens is 1560 g/mol. The Kier molecular flexibility index (Phi) is 17.2. The Morgan fingerprint density at radius 2 is 0.453 bits per heavy atom. The van der Waals surface area contributed by atoms with Crippen LogP contribution in [0.3, 0.4) is 0 Å². The fourth-order valence-electron chi connectivity index (χ4n) is 20.8. The van der Waals surface area contributed by atoms with Gasteiger partial charge in [0.1, 0.15) is 0 Å². The van der Waals surface area contributed by atoms with E-state index in [0.717, 1.165) is 139 Å². The number of aromatic nitrogens is 7. The summed E-state index contributed by atoms with van der Waals surface area (Å²) in [5.74, 6) is 2.53. The van der Waals surface area contributed by atoms with E-state index >= 15 is 0 Å². The Labute approximate surface area is 740 Å². The van der Waals surface area contributed by atoms with E-state index < -0.39 is 10.8 Å². The molecule has 26 rings (SSSR count). The van der Waals surface area contributed by atoms with Crippen molar-refractivity contribution in [1.29, 1.82) is 0 Å². The predicted molar refractivity (Wildman–Crippen MR) is 522 cm³/mol. The van der Waals surface area contributed by atoms with Crippen molar-refractivity contribution in [3.63, 3.8) is 0 Å². The molecule has 2 aliphatic carbocycles. The molecule has 0 amide bonds. The normalized spacial score (nSPS) is 13.1. The largest absolute Gasteiger partial charge is 0.310 e. The first kappa shape index (κ1) is 73.7. The van der Waals surface area contributed by atoms with Gasteiger partial charge in [0, 0.05) is 77.4 Å². The van der Waals surface area contributed by atoms with Gasteiger partial charge < -0.3 is 9.80 Å². The predicted octanol–water partition coefficient (Wildman–Crippen LogP) is 29.4. The zero-order chi connectivity index (χ0) is 84.4. The van der Waals surface area contributed by atoms with Gasteiger partial charge in [0.25, 0.3) is 0 Å². The molecule has 9 heteroatoms. The molecule has 2 spiro atoms. The summed E-state index contributed by atoms with van der Waals surface area (Å²) in [5.41, 5.74) is 34.1. The van der Waals surface area contributed by atoms with Crippen LogP contribution in [0, 0.1) is 0 Å². The zero-order valence-corrected chi connectivity index (χ0v) is 69.3. The molecule has 0 fully saturated rings. The summed E-state index contributed by atoms with van der Waals surface area (Å²) in [6.45, 7) is 0. The van der Waals surface area contributed by atoms with Gasteiger partial charge in [-0.1, -0.05) is 376 Å². The van der Waals surface area contributed by atoms with Crippen LogP contribution < -0.4 is 9.80 Å². The lowest BCUT2D eigenvalue weighted by molar-refractivity contribution is 0.754. The summed E-state index contributed by atoms with van der Waals surface area (Å²) in [5, 5.41) is 6.61. The molecule has 0 bridgehead atoms. The monoisotopic (exact) mass is 1630 g/mol. The molecule has 22 aromatic rings. The summed E-state index contributed by atoms with van der Waals surface area (Å²) < 4.78 is 0. The lowest BCUT2D eigenvalue weighted by Crippen LogP contribution is -2.36. The molecule has 0 N–H and O–H groups in total. The quantitative estimate of drug-likeness (QED) is 0.124. The van der Waals surface area contributed by atoms with E-state index in [2.05, 4.69) is 380 Å². The second-order valence-electron chi connectivity index (χ2n) is 33.2. The molecule has 128 heavy (non-hydrogen) atoms. The van der Waals surface area contributed by atoms with Crippen LogP contribution in [0.4, 0.5) is 34.1 Å². The summed E-state index contributed by atoms with van der Waals surface area (Å²) in [7, 11) is 0. The minimum atomic E-state index is -0.590. The van der Waals surface area contributed by atoms with Crippen molar-refractivity contribution in [3.8, 4) is 113 Å². The lowest BCUT2D eigenvalue weighted by Gasteiger charge is -2.45. The topological polar surface area (TPSA) is 96.7 Å². The van der Waals surface area contributed by atoms with E-state index in [1.54, 1.807) is 0 Å². The first-order valence-electron chi connectivity index (χ1n) is 43.6. The number of hydrogen-bond acceptors (Lipinski definition) is 9. The second kappa shape index (κ2) is 29.9. The molecule has 18 aromatic carbocycles. The smallest absolute Gasteiger partial charge is 0.164 e. The van der Waals surface area contributed by atoms with Gasteiger partial charge in [-0.15, -0.1) is 0 Å². The van der Waals surface area contributed by atoms with E-state index in [1.807, 2.05) is 84.9 Å². The summed E-state index contributed by atoms with van der Waals surface area (Å²) in [6, 6.07) is 163. The van der Waals surface area contributed by atoms with Crippen molar-refractivity contribution in [3.05, 3.63) is 499 Å². The van der Waals surface area contributed by atoms with E-state index in [9.17, 15) is 0 Å². The minimum absolute atomic E-state index is 0.580. The average Bonchev–Trinajstić information content (AvgIpc) is 1.50. The van der Waals surface area contributed by atoms with Crippen LogP contribution in [0.1, 0.15) is 44.5 Å². The van der Waals surface area contributed by atoms with Crippen molar-refractivity contribution in [2.75, 3.05) is 9.80 Å². The average molecular weight is 1630 g/mol. The first-order chi connectivity index (χ1) is 63.5. The molecule has 0 unspecified atom stereocenters. The lowest BCUT2D eigenvalue weighted by atomic mass is 9.64. The van der Waals surface area contributed by atoms with Crippen molar-refractivity contribution in [2.24, 2.45) is 0 Å². The van der Waals surface area contributed by atoms with Crippen molar-refractivity contribution < 1.29 is 0 Å². The number of anilines is 6. The van der Waals surface area contributed by atoms with Gasteiger partial charge in [0.05, 0.1) is 67.4 Å². The maximum absolute atomic E-state index is 5.61. The number of hydrogen-bond donors (Lipinski definition) is 0. The van der Waals surface area contributed by atoms with Crippen LogP contribution in [0.2, 0.25) is 0 Å². The maximum Gasteiger partial charge on any atom is 0.164 e. The maximum atomic E-state index is 5.61. The van der Waals surface area contributed by atoms with Crippen LogP contribution in [-0.4, -0.2) is 34.9 Å². The van der Waals surface area contributed by atoms with Crippen molar-refractivity contribution in [2.45, 2.75) is 10.8 Å². The fourth-order valence-corrected chi connectivity index (χ4v) is 20.8. The molecule has 6 heterocycles.